The average Bonchev–Trinajstić information content (AvgIpc) is 3.40. The molecule has 5 rings (SSSR count). The molecule has 4 aromatic rings. The fourth-order valence-electron chi connectivity index (χ4n) is 4.45. The smallest absolute Gasteiger partial charge is 0.295 e. The van der Waals surface area contributed by atoms with Gasteiger partial charge >= 0.3 is 0 Å². The Balaban J connectivity index is 1.54. The number of rotatable bonds is 6. The van der Waals surface area contributed by atoms with Gasteiger partial charge in [-0.05, 0) is 66.6 Å². The molecule has 35 heavy (non-hydrogen) atoms. The number of ketones is 1. The molecule has 176 valence electrons. The van der Waals surface area contributed by atoms with Gasteiger partial charge in [0.25, 0.3) is 11.7 Å². The molecular weight excluding hydrogens is 466 g/mol. The summed E-state index contributed by atoms with van der Waals surface area (Å²) >= 11 is 5.98. The summed E-state index contributed by atoms with van der Waals surface area (Å²) in [6.07, 6.45) is 3.98. The number of hydrogen-bond donors (Lipinski definition) is 2. The van der Waals surface area contributed by atoms with Crippen molar-refractivity contribution in [1.82, 2.24) is 14.9 Å². The number of carbonyl (C=O) groups is 2. The minimum atomic E-state index is -0.813. The summed E-state index contributed by atoms with van der Waals surface area (Å²) in [6, 6.07) is 16.7. The molecule has 0 aliphatic carbocycles. The van der Waals surface area contributed by atoms with E-state index in [1.165, 1.54) is 4.90 Å². The molecule has 8 heteroatoms. The maximum Gasteiger partial charge on any atom is 0.295 e. The van der Waals surface area contributed by atoms with E-state index >= 15 is 0 Å². The van der Waals surface area contributed by atoms with E-state index in [1.54, 1.807) is 55.8 Å². The molecule has 0 saturated carbocycles. The number of H-pyrrole nitrogens is 1. The number of Topliss-reactive ketones (excluding diaryl/α,β-unsaturated/α-hetero) is 1. The van der Waals surface area contributed by atoms with Gasteiger partial charge < -0.3 is 19.7 Å². The molecule has 1 amide bonds. The molecule has 2 aromatic carbocycles. The van der Waals surface area contributed by atoms with Crippen LogP contribution >= 0.6 is 11.6 Å². The van der Waals surface area contributed by atoms with Crippen molar-refractivity contribution in [3.05, 3.63) is 100 Å². The van der Waals surface area contributed by atoms with Gasteiger partial charge in [-0.25, -0.2) is 0 Å². The van der Waals surface area contributed by atoms with E-state index in [-0.39, 0.29) is 17.9 Å². The van der Waals surface area contributed by atoms with Crippen molar-refractivity contribution in [3.63, 3.8) is 0 Å². The van der Waals surface area contributed by atoms with Crippen molar-refractivity contribution < 1.29 is 19.4 Å². The molecule has 0 radical (unpaired) electrons. The first kappa shape index (κ1) is 22.7. The van der Waals surface area contributed by atoms with E-state index < -0.39 is 17.7 Å². The fraction of sp³-hybridized carbons (Fsp3) is 0.148. The van der Waals surface area contributed by atoms with Crippen molar-refractivity contribution in [2.45, 2.75) is 12.5 Å². The molecule has 2 N–H and O–H groups in total. The maximum absolute atomic E-state index is 13.2. The number of pyridine rings is 1. The number of aliphatic hydroxyl groups excluding tert-OH is 1. The average molecular weight is 488 g/mol. The van der Waals surface area contributed by atoms with Crippen molar-refractivity contribution >= 4 is 40.0 Å². The highest BCUT2D eigenvalue weighted by molar-refractivity contribution is 6.46. The minimum absolute atomic E-state index is 0.0108. The van der Waals surface area contributed by atoms with Crippen molar-refractivity contribution in [3.8, 4) is 5.75 Å². The second-order valence-electron chi connectivity index (χ2n) is 8.23. The SMILES string of the molecule is COc1ccc2[nH]cc(CCN3C(=O)C(=O)/C(=C(\O)c4ccc(Cl)cc4)C3c3ccccn3)c2c1. The molecule has 1 unspecified atom stereocenters. The number of aromatic amines is 1. The maximum atomic E-state index is 13.2. The zero-order chi connectivity index (χ0) is 24.5. The van der Waals surface area contributed by atoms with Crippen LogP contribution in [0.5, 0.6) is 5.75 Å². The number of nitrogens with zero attached hydrogens (tertiary/aromatic N) is 2. The van der Waals surface area contributed by atoms with Gasteiger partial charge in [0, 0.05) is 40.4 Å². The molecule has 2 aromatic heterocycles. The van der Waals surface area contributed by atoms with Gasteiger partial charge in [0.05, 0.1) is 18.4 Å². The van der Waals surface area contributed by atoms with Crippen LogP contribution in [0.3, 0.4) is 0 Å². The lowest BCUT2D eigenvalue weighted by molar-refractivity contribution is -0.139. The number of benzene rings is 2. The molecule has 1 saturated heterocycles. The topological polar surface area (TPSA) is 95.5 Å². The number of ether oxygens (including phenoxy) is 1. The first-order valence-corrected chi connectivity index (χ1v) is 11.4. The van der Waals surface area contributed by atoms with Crippen LogP contribution in [0.25, 0.3) is 16.7 Å². The lowest BCUT2D eigenvalue weighted by atomic mass is 9.98. The van der Waals surface area contributed by atoms with Gasteiger partial charge in [-0.15, -0.1) is 0 Å². The van der Waals surface area contributed by atoms with Gasteiger partial charge in [0.1, 0.15) is 17.6 Å². The third-order valence-corrected chi connectivity index (χ3v) is 6.47. The zero-order valence-electron chi connectivity index (χ0n) is 18.9. The van der Waals surface area contributed by atoms with Crippen molar-refractivity contribution in [2.24, 2.45) is 0 Å². The van der Waals surface area contributed by atoms with Crippen LogP contribution in [0.15, 0.2) is 78.6 Å². The summed E-state index contributed by atoms with van der Waals surface area (Å²) < 4.78 is 5.35. The number of halogens is 1. The van der Waals surface area contributed by atoms with Gasteiger partial charge in [0.2, 0.25) is 0 Å². The number of carbonyl (C=O) groups excluding carboxylic acids is 2. The van der Waals surface area contributed by atoms with Crippen LogP contribution in [0.1, 0.15) is 22.9 Å². The highest BCUT2D eigenvalue weighted by atomic mass is 35.5. The van der Waals surface area contributed by atoms with Crippen molar-refractivity contribution in [2.75, 3.05) is 13.7 Å². The van der Waals surface area contributed by atoms with Crippen LogP contribution in [0, 0.1) is 0 Å². The Hall–Kier alpha value is -4.10. The molecule has 7 nitrogen and oxygen atoms in total. The lowest BCUT2D eigenvalue weighted by Crippen LogP contribution is -2.32. The number of aliphatic hydroxyl groups is 1. The highest BCUT2D eigenvalue weighted by Crippen LogP contribution is 2.39. The molecule has 1 aliphatic rings. The van der Waals surface area contributed by atoms with E-state index in [9.17, 15) is 14.7 Å². The zero-order valence-corrected chi connectivity index (χ0v) is 19.6. The second-order valence-corrected chi connectivity index (χ2v) is 8.67. The quantitative estimate of drug-likeness (QED) is 0.229. The summed E-state index contributed by atoms with van der Waals surface area (Å²) in [5.41, 5.74) is 2.85. The predicted octanol–water partition coefficient (Wildman–Crippen LogP) is 4.89. The van der Waals surface area contributed by atoms with Gasteiger partial charge in [-0.2, -0.15) is 0 Å². The van der Waals surface area contributed by atoms with E-state index in [0.717, 1.165) is 22.2 Å². The second kappa shape index (κ2) is 9.27. The number of likely N-dealkylation sites (tertiary alicyclic amines) is 1. The Morgan fingerprint density at radius 3 is 2.66 bits per heavy atom. The molecule has 1 aliphatic heterocycles. The Bertz CT molecular complexity index is 1440. The van der Waals surface area contributed by atoms with Gasteiger partial charge in [0.15, 0.2) is 0 Å². The first-order chi connectivity index (χ1) is 17.0. The summed E-state index contributed by atoms with van der Waals surface area (Å²) in [4.78, 5) is 35.4. The number of amides is 1. The van der Waals surface area contributed by atoms with E-state index in [1.807, 2.05) is 24.4 Å². The summed E-state index contributed by atoms with van der Waals surface area (Å²) in [5.74, 6) is -0.937. The predicted molar refractivity (Wildman–Crippen MR) is 133 cm³/mol. The van der Waals surface area contributed by atoms with E-state index in [4.69, 9.17) is 16.3 Å². The monoisotopic (exact) mass is 487 g/mol. The molecule has 0 bridgehead atoms. The summed E-state index contributed by atoms with van der Waals surface area (Å²) in [6.45, 7) is 0.257. The van der Waals surface area contributed by atoms with Crippen LogP contribution in [0.2, 0.25) is 5.02 Å². The number of aromatic nitrogens is 2. The number of fused-ring (bicyclic) bond motifs is 1. The summed E-state index contributed by atoms with van der Waals surface area (Å²) in [7, 11) is 1.61. The fourth-order valence-corrected chi connectivity index (χ4v) is 4.58. The van der Waals surface area contributed by atoms with Gasteiger partial charge in [-0.1, -0.05) is 17.7 Å². The third kappa shape index (κ3) is 4.15. The normalized spacial score (nSPS) is 17.3. The Morgan fingerprint density at radius 1 is 1.14 bits per heavy atom. The summed E-state index contributed by atoms with van der Waals surface area (Å²) in [5, 5.41) is 12.6. The standard InChI is InChI=1S/C27H22ClN3O4/c1-35-19-9-10-21-20(14-19)17(15-30-21)11-13-31-24(22-4-2-3-12-29-22)23(26(33)27(31)34)25(32)16-5-7-18(28)8-6-16/h2-10,12,14-15,24,30,32H,11,13H2,1H3/b25-23-. The Kier molecular flexibility index (Phi) is 6.01. The van der Waals surface area contributed by atoms with Crippen LogP contribution in [-0.4, -0.2) is 45.3 Å². The van der Waals surface area contributed by atoms with Gasteiger partial charge in [-0.3, -0.25) is 14.6 Å². The molecular formula is C27H22ClN3O4. The van der Waals surface area contributed by atoms with Crippen LogP contribution in [-0.2, 0) is 16.0 Å². The first-order valence-electron chi connectivity index (χ1n) is 11.1. The molecule has 1 atom stereocenters. The van der Waals surface area contributed by atoms with Crippen molar-refractivity contribution in [1.29, 1.82) is 0 Å². The minimum Gasteiger partial charge on any atom is -0.507 e. The molecule has 0 spiro atoms. The third-order valence-electron chi connectivity index (χ3n) is 6.22. The van der Waals surface area contributed by atoms with Crippen LogP contribution in [0.4, 0.5) is 0 Å². The molecule has 3 heterocycles. The number of hydrogen-bond acceptors (Lipinski definition) is 5. The van der Waals surface area contributed by atoms with Crippen LogP contribution < -0.4 is 4.74 Å². The lowest BCUT2D eigenvalue weighted by Gasteiger charge is -2.24. The number of nitrogens with one attached hydrogen (secondary N) is 1. The molecule has 1 fully saturated rings. The Labute approximate surface area is 206 Å². The van der Waals surface area contributed by atoms with E-state index in [2.05, 4.69) is 9.97 Å². The highest BCUT2D eigenvalue weighted by Gasteiger charge is 2.46. The Morgan fingerprint density at radius 2 is 1.94 bits per heavy atom. The number of methoxy groups -OCH3 is 1. The largest absolute Gasteiger partial charge is 0.507 e. The van der Waals surface area contributed by atoms with E-state index in [0.29, 0.717) is 22.7 Å².